The standard InChI is InChI=1S/C19H32F2N2O7/c1-3-4-5-6-7-8-14(26)29-10-12(25)9-13-16(23-11(2)24)15(22)17(20)19(21,30-13)18(27)28/h12-13,15-17,25H,3-10,22H2,1-2H3,(H,23,24)(H,27,28)/t12-,13?,15?,16?,17?,19+/m0/s1. The number of halogens is 2. The Morgan fingerprint density at radius 2 is 1.90 bits per heavy atom. The molecule has 1 amide bonds. The Kier molecular flexibility index (Phi) is 10.6. The lowest BCUT2D eigenvalue weighted by atomic mass is 9.88. The van der Waals surface area contributed by atoms with Crippen molar-refractivity contribution in [2.24, 2.45) is 5.73 Å². The van der Waals surface area contributed by atoms with Gasteiger partial charge in [-0.25, -0.2) is 9.18 Å². The van der Waals surface area contributed by atoms with Crippen LogP contribution in [0.2, 0.25) is 0 Å². The van der Waals surface area contributed by atoms with E-state index in [9.17, 15) is 28.3 Å². The summed E-state index contributed by atoms with van der Waals surface area (Å²) in [7, 11) is 0. The molecule has 1 rings (SSSR count). The average Bonchev–Trinajstić information content (AvgIpc) is 2.67. The number of aliphatic hydroxyl groups is 1. The molecule has 9 nitrogen and oxygen atoms in total. The van der Waals surface area contributed by atoms with Crippen LogP contribution in [0.5, 0.6) is 0 Å². The zero-order valence-electron chi connectivity index (χ0n) is 17.3. The predicted molar refractivity (Wildman–Crippen MR) is 102 cm³/mol. The summed E-state index contributed by atoms with van der Waals surface area (Å²) in [4.78, 5) is 34.3. The molecule has 0 bridgehead atoms. The van der Waals surface area contributed by atoms with Crippen LogP contribution < -0.4 is 11.1 Å². The maximum absolute atomic E-state index is 14.5. The Bertz CT molecular complexity index is 595. The normalized spacial score (nSPS) is 29.8. The van der Waals surface area contributed by atoms with Crippen LogP contribution >= 0.6 is 0 Å². The number of hydrogen-bond acceptors (Lipinski definition) is 7. The maximum atomic E-state index is 14.5. The fourth-order valence-electron chi connectivity index (χ4n) is 3.29. The van der Waals surface area contributed by atoms with Crippen LogP contribution in [0.25, 0.3) is 0 Å². The molecule has 1 heterocycles. The van der Waals surface area contributed by atoms with Gasteiger partial charge in [0.2, 0.25) is 5.91 Å². The molecule has 0 spiro atoms. The van der Waals surface area contributed by atoms with Gasteiger partial charge in [0, 0.05) is 19.8 Å². The summed E-state index contributed by atoms with van der Waals surface area (Å²) in [6, 6.07) is -3.02. The van der Waals surface area contributed by atoms with Gasteiger partial charge in [0.05, 0.1) is 24.3 Å². The van der Waals surface area contributed by atoms with Gasteiger partial charge in [-0.05, 0) is 6.42 Å². The van der Waals surface area contributed by atoms with E-state index in [-0.39, 0.29) is 6.42 Å². The van der Waals surface area contributed by atoms with E-state index in [0.717, 1.165) is 32.6 Å². The van der Waals surface area contributed by atoms with Crippen LogP contribution in [0.15, 0.2) is 0 Å². The predicted octanol–water partition coefficient (Wildman–Crippen LogP) is 0.960. The number of carbonyl (C=O) groups is 3. The van der Waals surface area contributed by atoms with Crippen molar-refractivity contribution in [2.75, 3.05) is 6.61 Å². The number of ether oxygens (including phenoxy) is 2. The number of hydrogen-bond donors (Lipinski definition) is 4. The number of carbonyl (C=O) groups excluding carboxylic acids is 2. The van der Waals surface area contributed by atoms with Crippen molar-refractivity contribution in [1.82, 2.24) is 5.32 Å². The zero-order valence-corrected chi connectivity index (χ0v) is 17.3. The summed E-state index contributed by atoms with van der Waals surface area (Å²) in [5.41, 5.74) is 5.62. The SMILES string of the molecule is CCCCCCCC(=O)OC[C@@H](O)CC1O[C@@](F)(C(=O)O)C(F)C(N)C1NC(C)=O. The van der Waals surface area contributed by atoms with Crippen molar-refractivity contribution >= 4 is 17.8 Å². The Morgan fingerprint density at radius 3 is 2.47 bits per heavy atom. The molecule has 1 fully saturated rings. The number of nitrogens with two attached hydrogens (primary N) is 1. The fourth-order valence-corrected chi connectivity index (χ4v) is 3.29. The molecule has 0 aromatic carbocycles. The van der Waals surface area contributed by atoms with Gasteiger partial charge in [0.1, 0.15) is 6.61 Å². The molecule has 30 heavy (non-hydrogen) atoms. The third kappa shape index (κ3) is 7.44. The van der Waals surface area contributed by atoms with Crippen molar-refractivity contribution in [3.8, 4) is 0 Å². The molecule has 0 aromatic rings. The number of alkyl halides is 2. The number of carboxylic acids is 1. The lowest BCUT2D eigenvalue weighted by Gasteiger charge is -2.44. The van der Waals surface area contributed by atoms with Crippen LogP contribution in [0.1, 0.15) is 58.8 Å². The molecule has 4 unspecified atom stereocenters. The first-order valence-corrected chi connectivity index (χ1v) is 10.1. The monoisotopic (exact) mass is 438 g/mol. The minimum atomic E-state index is -3.73. The van der Waals surface area contributed by atoms with Crippen molar-refractivity contribution < 1.29 is 42.9 Å². The van der Waals surface area contributed by atoms with Gasteiger partial charge in [-0.15, -0.1) is 0 Å². The minimum absolute atomic E-state index is 0.186. The Labute approximate surface area is 174 Å². The van der Waals surface area contributed by atoms with Crippen LogP contribution in [0, 0.1) is 0 Å². The van der Waals surface area contributed by atoms with E-state index >= 15 is 0 Å². The first-order chi connectivity index (χ1) is 14.0. The van der Waals surface area contributed by atoms with Gasteiger partial charge in [-0.3, -0.25) is 9.59 Å². The second-order valence-electron chi connectivity index (χ2n) is 7.55. The molecule has 0 aromatic heterocycles. The Hall–Kier alpha value is -1.85. The largest absolute Gasteiger partial charge is 0.477 e. The van der Waals surface area contributed by atoms with E-state index in [1.54, 1.807) is 0 Å². The molecule has 11 heteroatoms. The van der Waals surface area contributed by atoms with E-state index in [0.29, 0.717) is 6.42 Å². The highest BCUT2D eigenvalue weighted by atomic mass is 19.2. The molecule has 1 saturated heterocycles. The molecular weight excluding hydrogens is 406 g/mol. The molecular formula is C19H32F2N2O7. The highest BCUT2D eigenvalue weighted by molar-refractivity contribution is 5.77. The highest BCUT2D eigenvalue weighted by Gasteiger charge is 2.60. The van der Waals surface area contributed by atoms with Crippen molar-refractivity contribution in [1.29, 1.82) is 0 Å². The van der Waals surface area contributed by atoms with E-state index in [1.165, 1.54) is 0 Å². The van der Waals surface area contributed by atoms with Crippen LogP contribution in [0.3, 0.4) is 0 Å². The van der Waals surface area contributed by atoms with E-state index in [1.807, 2.05) is 0 Å². The number of esters is 1. The third-order valence-corrected chi connectivity index (χ3v) is 4.92. The number of nitrogens with one attached hydrogen (secondary N) is 1. The second kappa shape index (κ2) is 12.1. The van der Waals surface area contributed by atoms with Gasteiger partial charge >= 0.3 is 17.8 Å². The molecule has 0 saturated carbocycles. The summed E-state index contributed by atoms with van der Waals surface area (Å²) in [6.07, 6.45) is -1.10. The van der Waals surface area contributed by atoms with Crippen LogP contribution in [0.4, 0.5) is 8.78 Å². The minimum Gasteiger partial charge on any atom is -0.477 e. The van der Waals surface area contributed by atoms with Gasteiger partial charge in [0.15, 0.2) is 6.17 Å². The zero-order chi connectivity index (χ0) is 22.9. The number of rotatable bonds is 12. The summed E-state index contributed by atoms with van der Waals surface area (Å²) < 4.78 is 38.5. The highest BCUT2D eigenvalue weighted by Crippen LogP contribution is 2.34. The number of aliphatic carboxylic acids is 1. The lowest BCUT2D eigenvalue weighted by molar-refractivity contribution is -0.260. The molecule has 0 radical (unpaired) electrons. The number of unbranched alkanes of at least 4 members (excludes halogenated alkanes) is 4. The molecule has 5 N–H and O–H groups in total. The smallest absolute Gasteiger partial charge is 0.372 e. The Balaban J connectivity index is 2.65. The van der Waals surface area contributed by atoms with Crippen LogP contribution in [-0.2, 0) is 23.9 Å². The fraction of sp³-hybridized carbons (Fsp3) is 0.842. The average molecular weight is 438 g/mol. The summed E-state index contributed by atoms with van der Waals surface area (Å²) in [5.74, 6) is -7.07. The molecule has 174 valence electrons. The third-order valence-electron chi connectivity index (χ3n) is 4.92. The summed E-state index contributed by atoms with van der Waals surface area (Å²) >= 11 is 0. The van der Waals surface area contributed by atoms with Gasteiger partial charge in [-0.2, -0.15) is 4.39 Å². The number of aliphatic hydroxyl groups excluding tert-OH is 1. The molecule has 0 aliphatic carbocycles. The van der Waals surface area contributed by atoms with E-state index < -0.39 is 67.2 Å². The van der Waals surface area contributed by atoms with Crippen molar-refractivity contribution in [3.63, 3.8) is 0 Å². The van der Waals surface area contributed by atoms with E-state index in [2.05, 4.69) is 12.2 Å². The quantitative estimate of drug-likeness (QED) is 0.260. The first-order valence-electron chi connectivity index (χ1n) is 10.1. The lowest BCUT2D eigenvalue weighted by Crippen LogP contribution is -2.70. The summed E-state index contributed by atoms with van der Waals surface area (Å²) in [6.45, 7) is 2.75. The van der Waals surface area contributed by atoms with E-state index in [4.69, 9.17) is 20.3 Å². The topological polar surface area (TPSA) is 148 Å². The molecule has 1 aliphatic heterocycles. The van der Waals surface area contributed by atoms with Crippen molar-refractivity contribution in [2.45, 2.75) is 95.1 Å². The van der Waals surface area contributed by atoms with Gasteiger partial charge in [0.25, 0.3) is 0 Å². The Morgan fingerprint density at radius 1 is 1.27 bits per heavy atom. The van der Waals surface area contributed by atoms with Gasteiger partial charge in [-0.1, -0.05) is 32.6 Å². The molecule has 6 atom stereocenters. The number of carboxylic acid groups (broad SMARTS) is 1. The number of amides is 1. The van der Waals surface area contributed by atoms with Crippen LogP contribution in [-0.4, -0.2) is 71.0 Å². The van der Waals surface area contributed by atoms with Gasteiger partial charge < -0.3 is 30.7 Å². The maximum Gasteiger partial charge on any atom is 0.372 e. The second-order valence-corrected chi connectivity index (χ2v) is 7.55. The van der Waals surface area contributed by atoms with Crippen molar-refractivity contribution in [3.05, 3.63) is 0 Å². The summed E-state index contributed by atoms with van der Waals surface area (Å²) in [5, 5.41) is 21.4. The first kappa shape index (κ1) is 26.2. The molecule has 1 aliphatic rings.